The third-order valence-electron chi connectivity index (χ3n) is 9.31. The van der Waals surface area contributed by atoms with Crippen LogP contribution in [-0.4, -0.2) is 34.8 Å². The zero-order valence-corrected chi connectivity index (χ0v) is 19.6. The minimum Gasteiger partial charge on any atom is -0.293 e. The van der Waals surface area contributed by atoms with E-state index in [0.29, 0.717) is 23.2 Å². The number of Topliss-reactive ketones (excluding diaryl/α,β-unsaturated/α-hetero) is 3. The van der Waals surface area contributed by atoms with Crippen LogP contribution in [0.4, 0.5) is 0 Å². The van der Waals surface area contributed by atoms with Crippen LogP contribution in [0.5, 0.6) is 0 Å². The van der Waals surface area contributed by atoms with Gasteiger partial charge in [-0.3, -0.25) is 19.3 Å². The third-order valence-corrected chi connectivity index (χ3v) is 9.31. The Bertz CT molecular complexity index is 1610. The molecule has 4 aromatic carbocycles. The molecule has 4 heteroatoms. The van der Waals surface area contributed by atoms with Crippen LogP contribution in [0.1, 0.15) is 61.0 Å². The Morgan fingerprint density at radius 3 is 2.03 bits per heavy atom. The zero-order chi connectivity index (χ0) is 24.2. The van der Waals surface area contributed by atoms with E-state index < -0.39 is 16.9 Å². The van der Waals surface area contributed by atoms with Crippen LogP contribution in [0.2, 0.25) is 0 Å². The topological polar surface area (TPSA) is 54.5 Å². The Hall–Kier alpha value is -3.89. The van der Waals surface area contributed by atoms with Gasteiger partial charge in [-0.05, 0) is 41.3 Å². The van der Waals surface area contributed by atoms with Crippen molar-refractivity contribution >= 4 is 28.1 Å². The van der Waals surface area contributed by atoms with E-state index in [4.69, 9.17) is 0 Å². The lowest BCUT2D eigenvalue weighted by Crippen LogP contribution is -2.60. The van der Waals surface area contributed by atoms with Crippen LogP contribution in [0.15, 0.2) is 91.0 Å². The molecular weight excluding hydrogens is 446 g/mol. The van der Waals surface area contributed by atoms with E-state index in [0.717, 1.165) is 34.7 Å². The number of carbonyl (C=O) groups is 3. The fourth-order valence-corrected chi connectivity index (χ4v) is 8.27. The van der Waals surface area contributed by atoms with E-state index >= 15 is 0 Å². The van der Waals surface area contributed by atoms with Crippen LogP contribution in [0.3, 0.4) is 0 Å². The quantitative estimate of drug-likeness (QED) is 0.343. The van der Waals surface area contributed by atoms with Gasteiger partial charge in [-0.2, -0.15) is 0 Å². The molecule has 0 N–H and O–H groups in total. The van der Waals surface area contributed by atoms with E-state index in [9.17, 15) is 14.4 Å². The van der Waals surface area contributed by atoms with Crippen LogP contribution in [-0.2, 0) is 5.54 Å². The average molecular weight is 470 g/mol. The van der Waals surface area contributed by atoms with Crippen molar-refractivity contribution in [2.24, 2.45) is 5.41 Å². The molecule has 2 spiro atoms. The first kappa shape index (κ1) is 20.3. The average Bonchev–Trinajstić information content (AvgIpc) is 3.62. The van der Waals surface area contributed by atoms with Gasteiger partial charge in [-0.1, -0.05) is 91.0 Å². The molecule has 8 rings (SSSR count). The number of hydrogen-bond donors (Lipinski definition) is 0. The third kappa shape index (κ3) is 1.96. The normalized spacial score (nSPS) is 27.5. The first-order chi connectivity index (χ1) is 17.6. The summed E-state index contributed by atoms with van der Waals surface area (Å²) in [5.74, 6) is -0.926. The fraction of sp³-hybridized carbons (Fsp3) is 0.219. The summed E-state index contributed by atoms with van der Waals surface area (Å²) >= 11 is 0. The van der Waals surface area contributed by atoms with E-state index in [1.807, 2.05) is 78.9 Å². The summed E-state index contributed by atoms with van der Waals surface area (Å²) in [5.41, 5.74) is 0.383. The van der Waals surface area contributed by atoms with Crippen molar-refractivity contribution in [3.63, 3.8) is 0 Å². The number of ketones is 3. The summed E-state index contributed by atoms with van der Waals surface area (Å²) in [5, 5.41) is 1.86. The molecule has 0 aromatic heterocycles. The molecule has 4 aliphatic rings. The molecule has 36 heavy (non-hydrogen) atoms. The highest BCUT2D eigenvalue weighted by atomic mass is 16.2. The minimum absolute atomic E-state index is 0.0804. The molecule has 4 aromatic rings. The Morgan fingerprint density at radius 2 is 1.31 bits per heavy atom. The summed E-state index contributed by atoms with van der Waals surface area (Å²) in [6.07, 6.45) is 1.78. The predicted molar refractivity (Wildman–Crippen MR) is 136 cm³/mol. The van der Waals surface area contributed by atoms with E-state index in [1.165, 1.54) is 0 Å². The lowest BCUT2D eigenvalue weighted by Gasteiger charge is -2.44. The lowest BCUT2D eigenvalue weighted by molar-refractivity contribution is 0.0278. The van der Waals surface area contributed by atoms with E-state index in [1.54, 1.807) is 12.1 Å². The number of carbonyl (C=O) groups excluding carboxylic acids is 3. The number of nitrogens with zero attached hydrogens (tertiary/aromatic N) is 1. The Morgan fingerprint density at radius 1 is 0.667 bits per heavy atom. The van der Waals surface area contributed by atoms with Crippen molar-refractivity contribution in [3.8, 4) is 0 Å². The van der Waals surface area contributed by atoms with Gasteiger partial charge >= 0.3 is 0 Å². The van der Waals surface area contributed by atoms with Gasteiger partial charge in [0.15, 0.2) is 17.3 Å². The van der Waals surface area contributed by atoms with Gasteiger partial charge in [0, 0.05) is 28.7 Å². The van der Waals surface area contributed by atoms with Crippen LogP contribution < -0.4 is 0 Å². The van der Waals surface area contributed by atoms with Crippen LogP contribution >= 0.6 is 0 Å². The first-order valence-corrected chi connectivity index (χ1v) is 12.7. The highest BCUT2D eigenvalue weighted by molar-refractivity contribution is 6.36. The molecule has 2 heterocycles. The second-order valence-electron chi connectivity index (χ2n) is 10.6. The van der Waals surface area contributed by atoms with Gasteiger partial charge < -0.3 is 0 Å². The maximum Gasteiger partial charge on any atom is 0.189 e. The number of fused-ring (bicyclic) bond motifs is 5. The predicted octanol–water partition coefficient (Wildman–Crippen LogP) is 5.56. The number of benzene rings is 4. The van der Waals surface area contributed by atoms with Crippen LogP contribution in [0.25, 0.3) is 10.8 Å². The number of rotatable bonds is 1. The highest BCUT2D eigenvalue weighted by Crippen LogP contribution is 2.71. The van der Waals surface area contributed by atoms with Crippen molar-refractivity contribution in [1.82, 2.24) is 4.90 Å². The second-order valence-corrected chi connectivity index (χ2v) is 10.6. The van der Waals surface area contributed by atoms with Crippen molar-refractivity contribution in [3.05, 3.63) is 119 Å². The summed E-state index contributed by atoms with van der Waals surface area (Å²) in [4.78, 5) is 46.8. The first-order valence-electron chi connectivity index (χ1n) is 12.7. The van der Waals surface area contributed by atoms with Gasteiger partial charge in [-0.25, -0.2) is 0 Å². The van der Waals surface area contributed by atoms with Gasteiger partial charge in [0.05, 0.1) is 0 Å². The molecule has 2 aliphatic carbocycles. The maximum absolute atomic E-state index is 14.9. The molecule has 2 saturated heterocycles. The summed E-state index contributed by atoms with van der Waals surface area (Å²) in [6.45, 7) is 0.683. The highest BCUT2D eigenvalue weighted by Gasteiger charge is 2.81. The van der Waals surface area contributed by atoms with Crippen molar-refractivity contribution < 1.29 is 14.4 Å². The molecule has 0 amide bonds. The fourth-order valence-electron chi connectivity index (χ4n) is 8.27. The lowest BCUT2D eigenvalue weighted by atomic mass is 9.56. The number of hydrogen-bond acceptors (Lipinski definition) is 4. The molecule has 2 fully saturated rings. The van der Waals surface area contributed by atoms with Gasteiger partial charge in [0.2, 0.25) is 0 Å². The van der Waals surface area contributed by atoms with Gasteiger partial charge in [0.25, 0.3) is 0 Å². The Labute approximate surface area is 208 Å². The molecule has 4 nitrogen and oxygen atoms in total. The second kappa shape index (κ2) is 6.65. The van der Waals surface area contributed by atoms with Gasteiger partial charge in [0.1, 0.15) is 11.0 Å². The summed E-state index contributed by atoms with van der Waals surface area (Å²) in [6, 6.07) is 28.8. The molecule has 0 bridgehead atoms. The van der Waals surface area contributed by atoms with Crippen LogP contribution in [0, 0.1) is 5.41 Å². The minimum atomic E-state index is -1.55. The molecule has 3 atom stereocenters. The molecule has 1 unspecified atom stereocenters. The molecule has 174 valence electrons. The Kier molecular flexibility index (Phi) is 3.75. The molecule has 2 aliphatic heterocycles. The SMILES string of the molecule is O=C1c2ccccc2C(=O)C12[C@H](c1ccccc1)[C@H]1CCCN1C21C(=O)c2cccc3cccc1c23. The largest absolute Gasteiger partial charge is 0.293 e. The standard InChI is InChI=1S/C32H23NO3/c34-28-21-13-4-5-14-22(21)29(35)31(28)27(20-9-2-1-3-10-20)25-17-8-18-33(25)32(31)24-16-7-12-19-11-6-15-23(26(19)24)30(32)36/h1-7,9-16,25,27H,8,17-18H2/t25-,27-,32?/m1/s1. The summed E-state index contributed by atoms with van der Waals surface area (Å²) < 4.78 is 0. The van der Waals surface area contributed by atoms with Crippen molar-refractivity contribution in [2.75, 3.05) is 6.54 Å². The van der Waals surface area contributed by atoms with E-state index in [-0.39, 0.29) is 23.4 Å². The van der Waals surface area contributed by atoms with E-state index in [2.05, 4.69) is 4.90 Å². The Balaban J connectivity index is 1.56. The van der Waals surface area contributed by atoms with Crippen molar-refractivity contribution in [2.45, 2.75) is 30.3 Å². The molecular formula is C32H23NO3. The maximum atomic E-state index is 14.9. The zero-order valence-electron chi connectivity index (χ0n) is 19.6. The summed E-state index contributed by atoms with van der Waals surface area (Å²) in [7, 11) is 0. The molecule has 0 saturated carbocycles. The van der Waals surface area contributed by atoms with Gasteiger partial charge in [-0.15, -0.1) is 0 Å². The monoisotopic (exact) mass is 469 g/mol. The molecule has 0 radical (unpaired) electrons. The van der Waals surface area contributed by atoms with Crippen molar-refractivity contribution in [1.29, 1.82) is 0 Å². The smallest absolute Gasteiger partial charge is 0.189 e.